The Morgan fingerprint density at radius 2 is 1.85 bits per heavy atom. The molecule has 0 saturated carbocycles. The molecule has 0 aromatic carbocycles. The van der Waals surface area contributed by atoms with Gasteiger partial charge < -0.3 is 10.2 Å². The van der Waals surface area contributed by atoms with E-state index in [9.17, 15) is 0 Å². The molecule has 4 nitrogen and oxygen atoms in total. The van der Waals surface area contributed by atoms with Gasteiger partial charge in [0, 0.05) is 24.6 Å². The van der Waals surface area contributed by atoms with Gasteiger partial charge in [0.2, 0.25) is 0 Å². The van der Waals surface area contributed by atoms with Crippen molar-refractivity contribution >= 4 is 21.7 Å². The number of rotatable bonds is 7. The van der Waals surface area contributed by atoms with E-state index in [2.05, 4.69) is 77.9 Å². The first kappa shape index (κ1) is 17.4. The number of aromatic nitrogens is 2. The minimum absolute atomic E-state index is 0.324. The highest BCUT2D eigenvalue weighted by atomic mass is 79.9. The monoisotopic (exact) mass is 342 g/mol. The van der Waals surface area contributed by atoms with E-state index in [1.165, 1.54) is 0 Å². The van der Waals surface area contributed by atoms with Gasteiger partial charge >= 0.3 is 0 Å². The van der Waals surface area contributed by atoms with Crippen LogP contribution in [0.1, 0.15) is 45.9 Å². The van der Waals surface area contributed by atoms with E-state index in [1.54, 1.807) is 0 Å². The van der Waals surface area contributed by atoms with Crippen molar-refractivity contribution in [1.29, 1.82) is 0 Å². The van der Waals surface area contributed by atoms with Crippen LogP contribution in [0.3, 0.4) is 0 Å². The maximum absolute atomic E-state index is 4.62. The molecule has 0 fully saturated rings. The molecule has 0 amide bonds. The van der Waals surface area contributed by atoms with Crippen LogP contribution in [0.4, 0.5) is 5.82 Å². The standard InChI is InChI=1S/C15H27BrN4/c1-10(2)7-12(9-20(5)6)17-14-8-13(16)18-15(19-14)11(3)4/h8,10-12H,7,9H2,1-6H3,(H,17,18,19). The van der Waals surface area contributed by atoms with Gasteiger partial charge in [-0.1, -0.05) is 27.7 Å². The van der Waals surface area contributed by atoms with Crippen LogP contribution in [0.25, 0.3) is 0 Å². The Balaban J connectivity index is 2.86. The molecule has 0 aliphatic heterocycles. The molecular weight excluding hydrogens is 316 g/mol. The average molecular weight is 343 g/mol. The molecular formula is C15H27BrN4. The van der Waals surface area contributed by atoms with Crippen LogP contribution < -0.4 is 5.32 Å². The second kappa shape index (κ2) is 7.93. The van der Waals surface area contributed by atoms with Crippen molar-refractivity contribution in [3.63, 3.8) is 0 Å². The molecule has 0 aliphatic rings. The molecule has 1 rings (SSSR count). The van der Waals surface area contributed by atoms with Crippen molar-refractivity contribution in [2.45, 2.75) is 46.1 Å². The molecule has 114 valence electrons. The molecule has 0 radical (unpaired) electrons. The summed E-state index contributed by atoms with van der Waals surface area (Å²) in [5, 5.41) is 3.56. The van der Waals surface area contributed by atoms with Crippen LogP contribution in [-0.2, 0) is 0 Å². The van der Waals surface area contributed by atoms with Gasteiger partial charge in [0.1, 0.15) is 16.2 Å². The Morgan fingerprint density at radius 3 is 2.35 bits per heavy atom. The zero-order valence-electron chi connectivity index (χ0n) is 13.4. The fourth-order valence-electron chi connectivity index (χ4n) is 2.17. The molecule has 5 heteroatoms. The number of nitrogens with zero attached hydrogens (tertiary/aromatic N) is 3. The number of hydrogen-bond donors (Lipinski definition) is 1. The highest BCUT2D eigenvalue weighted by Gasteiger charge is 2.14. The molecule has 0 spiro atoms. The Morgan fingerprint density at radius 1 is 1.20 bits per heavy atom. The molecule has 1 N–H and O–H groups in total. The fraction of sp³-hybridized carbons (Fsp3) is 0.733. The van der Waals surface area contributed by atoms with E-state index < -0.39 is 0 Å². The van der Waals surface area contributed by atoms with Crippen molar-refractivity contribution in [2.24, 2.45) is 5.92 Å². The summed E-state index contributed by atoms with van der Waals surface area (Å²) in [6.07, 6.45) is 1.12. The van der Waals surface area contributed by atoms with E-state index in [1.807, 2.05) is 6.07 Å². The van der Waals surface area contributed by atoms with Crippen LogP contribution in [0, 0.1) is 5.92 Å². The second-order valence-corrected chi connectivity index (χ2v) is 7.13. The van der Waals surface area contributed by atoms with Crippen LogP contribution in [-0.4, -0.2) is 41.5 Å². The summed E-state index contributed by atoms with van der Waals surface area (Å²) < 4.78 is 0.840. The summed E-state index contributed by atoms with van der Waals surface area (Å²) >= 11 is 3.47. The van der Waals surface area contributed by atoms with Gasteiger partial charge in [-0.15, -0.1) is 0 Å². The molecule has 1 aromatic heterocycles. The van der Waals surface area contributed by atoms with Gasteiger partial charge in [-0.05, 0) is 42.4 Å². The van der Waals surface area contributed by atoms with Crippen molar-refractivity contribution in [1.82, 2.24) is 14.9 Å². The van der Waals surface area contributed by atoms with Crippen LogP contribution in [0.15, 0.2) is 10.7 Å². The molecule has 0 bridgehead atoms. The van der Waals surface area contributed by atoms with Crippen LogP contribution in [0.2, 0.25) is 0 Å². The molecule has 1 atom stereocenters. The fourth-order valence-corrected chi connectivity index (χ4v) is 2.56. The number of nitrogens with one attached hydrogen (secondary N) is 1. The largest absolute Gasteiger partial charge is 0.366 e. The second-order valence-electron chi connectivity index (χ2n) is 6.32. The Hall–Kier alpha value is -0.680. The maximum Gasteiger partial charge on any atom is 0.134 e. The number of halogens is 1. The highest BCUT2D eigenvalue weighted by Crippen LogP contribution is 2.19. The van der Waals surface area contributed by atoms with Crippen molar-refractivity contribution in [2.75, 3.05) is 26.0 Å². The third-order valence-electron chi connectivity index (χ3n) is 2.92. The smallest absolute Gasteiger partial charge is 0.134 e. The zero-order chi connectivity index (χ0) is 15.3. The van der Waals surface area contributed by atoms with Gasteiger partial charge in [-0.2, -0.15) is 0 Å². The number of likely N-dealkylation sites (N-methyl/N-ethyl adjacent to an activating group) is 1. The molecule has 1 aromatic rings. The lowest BCUT2D eigenvalue weighted by molar-refractivity contribution is 0.356. The Labute approximate surface area is 131 Å². The summed E-state index contributed by atoms with van der Waals surface area (Å²) in [6, 6.07) is 2.35. The lowest BCUT2D eigenvalue weighted by Gasteiger charge is -2.24. The predicted octanol–water partition coefficient (Wildman–Crippen LogP) is 3.75. The van der Waals surface area contributed by atoms with Gasteiger partial charge in [-0.3, -0.25) is 0 Å². The third-order valence-corrected chi connectivity index (χ3v) is 3.33. The topological polar surface area (TPSA) is 41.0 Å². The average Bonchev–Trinajstić information content (AvgIpc) is 2.25. The third kappa shape index (κ3) is 6.18. The highest BCUT2D eigenvalue weighted by molar-refractivity contribution is 9.10. The summed E-state index contributed by atoms with van der Waals surface area (Å²) in [7, 11) is 4.20. The SMILES string of the molecule is CC(C)CC(CN(C)C)Nc1cc(Br)nc(C(C)C)n1. The Bertz CT molecular complexity index is 408. The van der Waals surface area contributed by atoms with Crippen molar-refractivity contribution < 1.29 is 0 Å². The van der Waals surface area contributed by atoms with Crippen molar-refractivity contribution in [3.05, 3.63) is 16.5 Å². The van der Waals surface area contributed by atoms with E-state index in [4.69, 9.17) is 0 Å². The van der Waals surface area contributed by atoms with Gasteiger partial charge in [0.15, 0.2) is 0 Å². The maximum atomic E-state index is 4.62. The molecule has 0 aliphatic carbocycles. The van der Waals surface area contributed by atoms with E-state index in [0.29, 0.717) is 17.9 Å². The van der Waals surface area contributed by atoms with Crippen LogP contribution >= 0.6 is 15.9 Å². The number of anilines is 1. The summed E-state index contributed by atoms with van der Waals surface area (Å²) in [5.74, 6) is 2.76. The van der Waals surface area contributed by atoms with E-state index >= 15 is 0 Å². The number of hydrogen-bond acceptors (Lipinski definition) is 4. The lowest BCUT2D eigenvalue weighted by atomic mass is 10.0. The zero-order valence-corrected chi connectivity index (χ0v) is 15.0. The first-order chi connectivity index (χ1) is 9.27. The summed E-state index contributed by atoms with van der Waals surface area (Å²) in [4.78, 5) is 11.2. The van der Waals surface area contributed by atoms with Gasteiger partial charge in [-0.25, -0.2) is 9.97 Å². The summed E-state index contributed by atoms with van der Waals surface area (Å²) in [6.45, 7) is 9.71. The molecule has 0 saturated heterocycles. The quantitative estimate of drug-likeness (QED) is 0.766. The van der Waals surface area contributed by atoms with Crippen molar-refractivity contribution in [3.8, 4) is 0 Å². The minimum atomic E-state index is 0.324. The molecule has 20 heavy (non-hydrogen) atoms. The van der Waals surface area contributed by atoms with E-state index in [-0.39, 0.29) is 0 Å². The van der Waals surface area contributed by atoms with Gasteiger partial charge in [0.25, 0.3) is 0 Å². The van der Waals surface area contributed by atoms with Crippen LogP contribution in [0.5, 0.6) is 0 Å². The molecule has 1 heterocycles. The van der Waals surface area contributed by atoms with E-state index in [0.717, 1.165) is 29.2 Å². The summed E-state index contributed by atoms with van der Waals surface area (Å²) in [5.41, 5.74) is 0. The normalized spacial score (nSPS) is 13.3. The molecule has 1 unspecified atom stereocenters. The first-order valence-corrected chi connectivity index (χ1v) is 8.03. The first-order valence-electron chi connectivity index (χ1n) is 7.23. The minimum Gasteiger partial charge on any atom is -0.366 e. The Kier molecular flexibility index (Phi) is 6.89. The predicted molar refractivity (Wildman–Crippen MR) is 89.2 cm³/mol. The van der Waals surface area contributed by atoms with Gasteiger partial charge in [0.05, 0.1) is 0 Å². The lowest BCUT2D eigenvalue weighted by Crippen LogP contribution is -2.34.